The smallest absolute Gasteiger partial charge is 0.255 e. The number of hydrogen-bond acceptors (Lipinski definition) is 4. The summed E-state index contributed by atoms with van der Waals surface area (Å²) < 4.78 is 0. The Balaban J connectivity index is 1.84. The number of thioether (sulfide) groups is 1. The van der Waals surface area contributed by atoms with Gasteiger partial charge in [0, 0.05) is 28.9 Å². The molecule has 2 heterocycles. The normalized spacial score (nSPS) is 23.6. The van der Waals surface area contributed by atoms with E-state index in [1.54, 1.807) is 0 Å². The van der Waals surface area contributed by atoms with Crippen LogP contribution in [-0.4, -0.2) is 15.7 Å². The second-order valence-electron chi connectivity index (χ2n) is 5.98. The lowest BCUT2D eigenvalue weighted by Crippen LogP contribution is -2.41. The third kappa shape index (κ3) is 1.99. The van der Waals surface area contributed by atoms with Crippen LogP contribution in [0.15, 0.2) is 29.1 Å². The lowest BCUT2D eigenvalue weighted by Gasteiger charge is -2.41. The Kier molecular flexibility index (Phi) is 2.85. The molecule has 1 aliphatic carbocycles. The predicted molar refractivity (Wildman–Crippen MR) is 85.6 cm³/mol. The maximum absolute atomic E-state index is 12.0. The van der Waals surface area contributed by atoms with Gasteiger partial charge in [0.25, 0.3) is 5.56 Å². The molecule has 5 heteroatoms. The van der Waals surface area contributed by atoms with Crippen molar-refractivity contribution < 1.29 is 0 Å². The average molecular weight is 299 g/mol. The van der Waals surface area contributed by atoms with Gasteiger partial charge in [-0.25, -0.2) is 4.98 Å². The SMILES string of the molecule is Nc1nc2c(c(=O)[nH]1)CCC1(CSCc3ccccc31)C2. The summed E-state index contributed by atoms with van der Waals surface area (Å²) in [6.07, 6.45) is 2.62. The molecule has 21 heavy (non-hydrogen) atoms. The number of hydrogen-bond donors (Lipinski definition) is 2. The van der Waals surface area contributed by atoms with Crippen molar-refractivity contribution in [1.82, 2.24) is 9.97 Å². The number of benzene rings is 1. The van der Waals surface area contributed by atoms with Crippen molar-refractivity contribution in [3.05, 3.63) is 57.0 Å². The van der Waals surface area contributed by atoms with Gasteiger partial charge in [-0.05, 0) is 24.0 Å². The highest BCUT2D eigenvalue weighted by Gasteiger charge is 2.40. The highest BCUT2D eigenvalue weighted by molar-refractivity contribution is 7.98. The van der Waals surface area contributed by atoms with E-state index in [1.165, 1.54) is 11.1 Å². The number of fused-ring (bicyclic) bond motifs is 3. The zero-order valence-electron chi connectivity index (χ0n) is 11.7. The molecule has 0 saturated carbocycles. The van der Waals surface area contributed by atoms with E-state index in [2.05, 4.69) is 34.2 Å². The molecule has 2 aromatic rings. The largest absolute Gasteiger partial charge is 0.369 e. The van der Waals surface area contributed by atoms with Crippen LogP contribution in [0.1, 0.15) is 28.8 Å². The molecule has 1 aromatic carbocycles. The molecular weight excluding hydrogens is 282 g/mol. The van der Waals surface area contributed by atoms with E-state index < -0.39 is 0 Å². The molecule has 1 atom stereocenters. The minimum Gasteiger partial charge on any atom is -0.369 e. The van der Waals surface area contributed by atoms with Gasteiger partial charge < -0.3 is 5.73 Å². The number of nitrogens with one attached hydrogen (secondary N) is 1. The Morgan fingerprint density at radius 1 is 1.33 bits per heavy atom. The van der Waals surface area contributed by atoms with Crippen molar-refractivity contribution >= 4 is 17.7 Å². The number of nitrogen functional groups attached to an aromatic ring is 1. The van der Waals surface area contributed by atoms with Crippen LogP contribution in [0.3, 0.4) is 0 Å². The van der Waals surface area contributed by atoms with Gasteiger partial charge in [-0.3, -0.25) is 9.78 Å². The Bertz CT molecular complexity index is 770. The number of nitrogens with two attached hydrogens (primary N) is 1. The molecule has 1 aliphatic heterocycles. The number of nitrogens with zero attached hydrogens (tertiary/aromatic N) is 1. The summed E-state index contributed by atoms with van der Waals surface area (Å²) in [7, 11) is 0. The number of H-pyrrole nitrogens is 1. The van der Waals surface area contributed by atoms with E-state index in [9.17, 15) is 4.79 Å². The minimum absolute atomic E-state index is 0.0657. The first-order chi connectivity index (χ1) is 10.2. The summed E-state index contributed by atoms with van der Waals surface area (Å²) in [6.45, 7) is 0. The first kappa shape index (κ1) is 13.0. The molecule has 2 aliphatic rings. The first-order valence-corrected chi connectivity index (χ1v) is 8.37. The highest BCUT2D eigenvalue weighted by Crippen LogP contribution is 2.45. The first-order valence-electron chi connectivity index (χ1n) is 7.22. The number of aromatic amines is 1. The molecule has 0 fully saturated rings. The fourth-order valence-electron chi connectivity index (χ4n) is 3.69. The molecule has 4 rings (SSSR count). The predicted octanol–water partition coefficient (Wildman–Crippen LogP) is 2.03. The molecule has 4 nitrogen and oxygen atoms in total. The van der Waals surface area contributed by atoms with E-state index in [0.29, 0.717) is 0 Å². The monoisotopic (exact) mass is 299 g/mol. The van der Waals surface area contributed by atoms with Gasteiger partial charge in [0.1, 0.15) is 0 Å². The van der Waals surface area contributed by atoms with Crippen LogP contribution in [0.2, 0.25) is 0 Å². The lowest BCUT2D eigenvalue weighted by atomic mass is 9.69. The van der Waals surface area contributed by atoms with Gasteiger partial charge in [0.05, 0.1) is 5.69 Å². The second-order valence-corrected chi connectivity index (χ2v) is 6.97. The van der Waals surface area contributed by atoms with E-state index in [0.717, 1.165) is 42.0 Å². The van der Waals surface area contributed by atoms with Gasteiger partial charge >= 0.3 is 0 Å². The molecule has 1 unspecified atom stereocenters. The van der Waals surface area contributed by atoms with E-state index in [1.807, 2.05) is 11.8 Å². The fraction of sp³-hybridized carbons (Fsp3) is 0.375. The molecule has 0 bridgehead atoms. The molecular formula is C16H17N3OS. The number of rotatable bonds is 0. The highest BCUT2D eigenvalue weighted by atomic mass is 32.2. The van der Waals surface area contributed by atoms with Gasteiger partial charge in [-0.1, -0.05) is 24.3 Å². The van der Waals surface area contributed by atoms with Crippen molar-refractivity contribution in [2.24, 2.45) is 0 Å². The maximum Gasteiger partial charge on any atom is 0.255 e. The Labute approximate surface area is 127 Å². The van der Waals surface area contributed by atoms with Crippen LogP contribution in [0.5, 0.6) is 0 Å². The Morgan fingerprint density at radius 3 is 3.10 bits per heavy atom. The van der Waals surface area contributed by atoms with Crippen LogP contribution < -0.4 is 11.3 Å². The zero-order chi connectivity index (χ0) is 14.4. The van der Waals surface area contributed by atoms with E-state index >= 15 is 0 Å². The third-order valence-electron chi connectivity index (χ3n) is 4.70. The summed E-state index contributed by atoms with van der Waals surface area (Å²) in [4.78, 5) is 19.0. The molecule has 0 radical (unpaired) electrons. The van der Waals surface area contributed by atoms with Crippen molar-refractivity contribution in [2.45, 2.75) is 30.4 Å². The molecule has 0 saturated heterocycles. The molecule has 1 aromatic heterocycles. The van der Waals surface area contributed by atoms with E-state index in [-0.39, 0.29) is 16.9 Å². The summed E-state index contributed by atoms with van der Waals surface area (Å²) in [5.41, 5.74) is 10.3. The molecule has 0 amide bonds. The molecule has 108 valence electrons. The summed E-state index contributed by atoms with van der Waals surface area (Å²) in [5.74, 6) is 2.40. The topological polar surface area (TPSA) is 71.8 Å². The van der Waals surface area contributed by atoms with Crippen LogP contribution in [0.25, 0.3) is 0 Å². The van der Waals surface area contributed by atoms with Crippen molar-refractivity contribution in [3.63, 3.8) is 0 Å². The maximum atomic E-state index is 12.0. The Hall–Kier alpha value is -1.75. The minimum atomic E-state index is -0.0657. The van der Waals surface area contributed by atoms with Crippen molar-refractivity contribution in [1.29, 1.82) is 0 Å². The van der Waals surface area contributed by atoms with Gasteiger partial charge in [0.15, 0.2) is 0 Å². The average Bonchev–Trinajstić information content (AvgIpc) is 2.47. The third-order valence-corrected chi connectivity index (χ3v) is 5.98. The van der Waals surface area contributed by atoms with Crippen LogP contribution in [-0.2, 0) is 24.0 Å². The molecule has 3 N–H and O–H groups in total. The fourth-order valence-corrected chi connectivity index (χ4v) is 5.06. The summed E-state index contributed by atoms with van der Waals surface area (Å²) >= 11 is 1.98. The van der Waals surface area contributed by atoms with Gasteiger partial charge in [0.2, 0.25) is 5.95 Å². The lowest BCUT2D eigenvalue weighted by molar-refractivity contribution is 0.403. The standard InChI is InChI=1S/C16H17N3OS/c17-15-18-13-7-16(6-5-11(13)14(20)19-15)9-21-8-10-3-1-2-4-12(10)16/h1-4H,5-9H2,(H3,17,18,19,20). The van der Waals surface area contributed by atoms with E-state index in [4.69, 9.17) is 5.73 Å². The van der Waals surface area contributed by atoms with Crippen LogP contribution in [0.4, 0.5) is 5.95 Å². The summed E-state index contributed by atoms with van der Waals surface area (Å²) in [6, 6.07) is 8.69. The Morgan fingerprint density at radius 2 is 2.19 bits per heavy atom. The second kappa shape index (κ2) is 4.63. The van der Waals surface area contributed by atoms with Crippen molar-refractivity contribution in [2.75, 3.05) is 11.5 Å². The zero-order valence-corrected chi connectivity index (χ0v) is 12.5. The molecule has 1 spiro atoms. The van der Waals surface area contributed by atoms with Crippen LogP contribution in [0, 0.1) is 0 Å². The van der Waals surface area contributed by atoms with Gasteiger partial charge in [-0.15, -0.1) is 0 Å². The van der Waals surface area contributed by atoms with Crippen molar-refractivity contribution in [3.8, 4) is 0 Å². The number of anilines is 1. The van der Waals surface area contributed by atoms with Gasteiger partial charge in [-0.2, -0.15) is 11.8 Å². The number of aromatic nitrogens is 2. The van der Waals surface area contributed by atoms with Crippen LogP contribution >= 0.6 is 11.8 Å². The quantitative estimate of drug-likeness (QED) is 0.781. The summed E-state index contributed by atoms with van der Waals surface area (Å²) in [5, 5.41) is 0.